The lowest BCUT2D eigenvalue weighted by Gasteiger charge is -2.37. The van der Waals surface area contributed by atoms with Gasteiger partial charge in [0, 0.05) is 55.2 Å². The van der Waals surface area contributed by atoms with Crippen LogP contribution in [-0.4, -0.2) is 63.4 Å². The van der Waals surface area contributed by atoms with E-state index in [0.29, 0.717) is 61.8 Å². The van der Waals surface area contributed by atoms with Crippen LogP contribution < -0.4 is 15.5 Å². The predicted octanol–water partition coefficient (Wildman–Crippen LogP) is 6.44. The average Bonchev–Trinajstić information content (AvgIpc) is 3.29. The molecule has 48 heavy (non-hydrogen) atoms. The molecule has 2 aliphatic heterocycles. The van der Waals surface area contributed by atoms with Crippen molar-refractivity contribution in [2.45, 2.75) is 45.5 Å². The topological polar surface area (TPSA) is 128 Å². The van der Waals surface area contributed by atoms with Gasteiger partial charge in [0.1, 0.15) is 40.3 Å². The molecule has 2 amide bonds. The molecule has 0 spiro atoms. The van der Waals surface area contributed by atoms with E-state index in [9.17, 15) is 28.0 Å². The van der Waals surface area contributed by atoms with Crippen LogP contribution in [-0.2, 0) is 23.9 Å². The van der Waals surface area contributed by atoms with E-state index in [4.69, 9.17) is 9.84 Å². The molecular weight excluding hydrogens is 625 g/mol. The van der Waals surface area contributed by atoms with Crippen LogP contribution in [0.25, 0.3) is 11.3 Å². The van der Waals surface area contributed by atoms with E-state index in [2.05, 4.69) is 32.7 Å². The number of halogens is 3. The molecule has 2 aliphatic rings. The molecule has 4 aromatic rings. The predicted molar refractivity (Wildman–Crippen MR) is 173 cm³/mol. The van der Waals surface area contributed by atoms with Crippen LogP contribution in [0.4, 0.5) is 41.0 Å². The standard InChI is InChI=1S/C34H33F3N8O3/c1-33(2,3)48-32(47)44-17-15-43(16-18-44)24-11-12-26-23(19-24)13-14-45-30(39-26)25(20-38)29(42-45)21-7-9-22(10-8-21)31(46)41-28-6-4-5-27(40-28)34(35,36)37/h4-12,19,39H,13-18H2,1-3H3,(H,40,41,46). The fraction of sp³-hybridized carbons (Fsp3) is 0.324. The molecule has 6 rings (SSSR count). The molecule has 11 nitrogen and oxygen atoms in total. The number of fused-ring (bicyclic) bond motifs is 2. The van der Waals surface area contributed by atoms with Gasteiger partial charge < -0.3 is 25.2 Å². The quantitative estimate of drug-likeness (QED) is 0.256. The highest BCUT2D eigenvalue weighted by atomic mass is 19.4. The minimum Gasteiger partial charge on any atom is -0.444 e. The Labute approximate surface area is 274 Å². The van der Waals surface area contributed by atoms with Crippen molar-refractivity contribution in [1.29, 1.82) is 5.26 Å². The largest absolute Gasteiger partial charge is 0.444 e. The Balaban J connectivity index is 1.14. The van der Waals surface area contributed by atoms with Crippen molar-refractivity contribution < 1.29 is 27.5 Å². The third kappa shape index (κ3) is 6.90. The lowest BCUT2D eigenvalue weighted by atomic mass is 10.1. The maximum Gasteiger partial charge on any atom is 0.433 e. The molecule has 2 N–H and O–H groups in total. The Morgan fingerprint density at radius 3 is 2.38 bits per heavy atom. The van der Waals surface area contributed by atoms with Gasteiger partial charge in [-0.05, 0) is 75.2 Å². The van der Waals surface area contributed by atoms with Gasteiger partial charge in [0.25, 0.3) is 5.91 Å². The summed E-state index contributed by atoms with van der Waals surface area (Å²) in [7, 11) is 0. The number of amides is 2. The van der Waals surface area contributed by atoms with Crippen molar-refractivity contribution in [3.63, 3.8) is 0 Å². The second-order valence-electron chi connectivity index (χ2n) is 12.5. The third-order valence-electron chi connectivity index (χ3n) is 8.00. The number of nitrogens with one attached hydrogen (secondary N) is 2. The molecule has 2 aromatic heterocycles. The second kappa shape index (κ2) is 12.6. The summed E-state index contributed by atoms with van der Waals surface area (Å²) in [6.45, 7) is 8.56. The molecule has 248 valence electrons. The zero-order valence-electron chi connectivity index (χ0n) is 26.6. The summed E-state index contributed by atoms with van der Waals surface area (Å²) < 4.78 is 46.3. The molecule has 14 heteroatoms. The number of ether oxygens (including phenoxy) is 1. The van der Waals surface area contributed by atoms with Gasteiger partial charge >= 0.3 is 12.3 Å². The lowest BCUT2D eigenvalue weighted by Crippen LogP contribution is -2.50. The van der Waals surface area contributed by atoms with Crippen LogP contribution in [0, 0.1) is 11.3 Å². The fourth-order valence-electron chi connectivity index (χ4n) is 5.62. The number of benzene rings is 2. The zero-order valence-corrected chi connectivity index (χ0v) is 26.6. The first kappa shape index (κ1) is 32.4. The molecule has 0 radical (unpaired) electrons. The van der Waals surface area contributed by atoms with E-state index < -0.39 is 23.4 Å². The number of rotatable bonds is 4. The monoisotopic (exact) mass is 658 g/mol. The van der Waals surface area contributed by atoms with Crippen molar-refractivity contribution in [3.8, 4) is 17.3 Å². The molecule has 0 unspecified atom stereocenters. The Morgan fingerprint density at radius 1 is 0.979 bits per heavy atom. The molecular formula is C34H33F3N8O3. The maximum absolute atomic E-state index is 13.0. The smallest absolute Gasteiger partial charge is 0.433 e. The number of anilines is 4. The third-order valence-corrected chi connectivity index (χ3v) is 8.00. The van der Waals surface area contributed by atoms with Crippen LogP contribution in [0.5, 0.6) is 0 Å². The van der Waals surface area contributed by atoms with Crippen molar-refractivity contribution in [2.24, 2.45) is 0 Å². The first-order valence-corrected chi connectivity index (χ1v) is 15.4. The Morgan fingerprint density at radius 2 is 1.71 bits per heavy atom. The summed E-state index contributed by atoms with van der Waals surface area (Å²) >= 11 is 0. The molecule has 0 bridgehead atoms. The number of nitrogens with zero attached hydrogens (tertiary/aromatic N) is 6. The number of alkyl halides is 3. The zero-order chi connectivity index (χ0) is 34.2. The summed E-state index contributed by atoms with van der Waals surface area (Å²) in [5, 5.41) is 20.7. The summed E-state index contributed by atoms with van der Waals surface area (Å²) in [4.78, 5) is 32.6. The molecule has 4 heterocycles. The molecule has 0 atom stereocenters. The van der Waals surface area contributed by atoms with Crippen molar-refractivity contribution in [2.75, 3.05) is 41.7 Å². The minimum atomic E-state index is -4.63. The van der Waals surface area contributed by atoms with Gasteiger partial charge in [0.15, 0.2) is 0 Å². The fourth-order valence-corrected chi connectivity index (χ4v) is 5.62. The highest BCUT2D eigenvalue weighted by Crippen LogP contribution is 2.36. The van der Waals surface area contributed by atoms with Gasteiger partial charge in [-0.25, -0.2) is 14.5 Å². The number of pyridine rings is 1. The number of carbonyl (C=O) groups is 2. The number of carbonyl (C=O) groups excluding carboxylic acids is 2. The number of hydrogen-bond donors (Lipinski definition) is 2. The molecule has 2 aromatic carbocycles. The van der Waals surface area contributed by atoms with Crippen molar-refractivity contribution >= 4 is 35.0 Å². The van der Waals surface area contributed by atoms with Gasteiger partial charge in [-0.3, -0.25) is 4.79 Å². The van der Waals surface area contributed by atoms with E-state index in [1.165, 1.54) is 24.3 Å². The van der Waals surface area contributed by atoms with E-state index in [1.807, 2.05) is 32.9 Å². The normalized spacial score (nSPS) is 14.6. The maximum atomic E-state index is 13.0. The molecule has 0 saturated carbocycles. The number of piperazine rings is 1. The highest BCUT2D eigenvalue weighted by Gasteiger charge is 2.33. The molecule has 1 saturated heterocycles. The van der Waals surface area contributed by atoms with E-state index in [0.717, 1.165) is 23.0 Å². The summed E-state index contributed by atoms with van der Waals surface area (Å²) in [5.74, 6) is -0.290. The number of hydrogen-bond acceptors (Lipinski definition) is 8. The second-order valence-corrected chi connectivity index (χ2v) is 12.5. The summed E-state index contributed by atoms with van der Waals surface area (Å²) in [5.41, 5.74) is 2.92. The van der Waals surface area contributed by atoms with Crippen LogP contribution in [0.2, 0.25) is 0 Å². The Bertz CT molecular complexity index is 1900. The van der Waals surface area contributed by atoms with Crippen molar-refractivity contribution in [3.05, 3.63) is 83.0 Å². The summed E-state index contributed by atoms with van der Waals surface area (Å²) in [6.07, 6.45) is -4.27. The first-order chi connectivity index (χ1) is 22.8. The first-order valence-electron chi connectivity index (χ1n) is 15.4. The number of aryl methyl sites for hydroxylation is 2. The Kier molecular flexibility index (Phi) is 8.46. The van der Waals surface area contributed by atoms with Crippen LogP contribution >= 0.6 is 0 Å². The van der Waals surface area contributed by atoms with Gasteiger partial charge in [-0.1, -0.05) is 18.2 Å². The van der Waals surface area contributed by atoms with E-state index in [-0.39, 0.29) is 17.5 Å². The van der Waals surface area contributed by atoms with E-state index in [1.54, 1.807) is 21.7 Å². The Hall–Kier alpha value is -5.58. The average molecular weight is 659 g/mol. The lowest BCUT2D eigenvalue weighted by molar-refractivity contribution is -0.141. The highest BCUT2D eigenvalue weighted by molar-refractivity contribution is 6.04. The van der Waals surface area contributed by atoms with Crippen LogP contribution in [0.15, 0.2) is 60.7 Å². The SMILES string of the molecule is CC(C)(C)OC(=O)N1CCN(c2ccc3c(c2)CCn2nc(-c4ccc(C(=O)Nc5cccc(C(F)(F)F)n5)cc4)c(C#N)c2N3)CC1. The van der Waals surface area contributed by atoms with Crippen molar-refractivity contribution in [1.82, 2.24) is 19.7 Å². The summed E-state index contributed by atoms with van der Waals surface area (Å²) in [6, 6.07) is 18.0. The van der Waals surface area contributed by atoms with Gasteiger partial charge in [-0.15, -0.1) is 0 Å². The van der Waals surface area contributed by atoms with Gasteiger partial charge in [0.2, 0.25) is 0 Å². The minimum absolute atomic E-state index is 0.200. The van der Waals surface area contributed by atoms with Gasteiger partial charge in [0.05, 0.1) is 0 Å². The van der Waals surface area contributed by atoms with E-state index >= 15 is 0 Å². The number of nitriles is 1. The molecule has 0 aliphatic carbocycles. The number of aromatic nitrogens is 3. The van der Waals surface area contributed by atoms with Crippen LogP contribution in [0.3, 0.4) is 0 Å². The van der Waals surface area contributed by atoms with Crippen LogP contribution in [0.1, 0.15) is 48.0 Å². The molecule has 1 fully saturated rings. The van der Waals surface area contributed by atoms with Gasteiger partial charge in [-0.2, -0.15) is 23.5 Å².